The molecule has 1 unspecified atom stereocenters. The number of nitrogens with zero attached hydrogens (tertiary/aromatic N) is 5. The van der Waals surface area contributed by atoms with Gasteiger partial charge in [-0.1, -0.05) is 6.92 Å². The maximum Gasteiger partial charge on any atom is 0.161 e. The molecule has 0 amide bonds. The molecule has 3 rings (SSSR count). The monoisotopic (exact) mass is 288 g/mol. The Kier molecular flexibility index (Phi) is 3.85. The van der Waals surface area contributed by atoms with Crippen LogP contribution in [0.25, 0.3) is 11.3 Å². The summed E-state index contributed by atoms with van der Waals surface area (Å²) in [4.78, 5) is 11.3. The molecule has 112 valence electrons. The Bertz CT molecular complexity index is 626. The van der Waals surface area contributed by atoms with Gasteiger partial charge in [0.15, 0.2) is 5.82 Å². The largest absolute Gasteiger partial charge is 0.384 e. The minimum atomic E-state index is -0.127. The third-order valence-electron chi connectivity index (χ3n) is 3.65. The average molecular weight is 288 g/mol. The van der Waals surface area contributed by atoms with Gasteiger partial charge in [-0.3, -0.25) is 9.58 Å². The molecule has 2 aromatic rings. The molecule has 1 atom stereocenters. The molecule has 2 aromatic heterocycles. The van der Waals surface area contributed by atoms with Gasteiger partial charge in [-0.15, -0.1) is 0 Å². The number of nitrogen functional groups attached to an aromatic ring is 1. The van der Waals surface area contributed by atoms with Gasteiger partial charge < -0.3 is 10.5 Å². The van der Waals surface area contributed by atoms with E-state index in [4.69, 9.17) is 10.5 Å². The number of aryl methyl sites for hydroxylation is 1. The van der Waals surface area contributed by atoms with E-state index in [-0.39, 0.29) is 6.10 Å². The van der Waals surface area contributed by atoms with Gasteiger partial charge >= 0.3 is 0 Å². The van der Waals surface area contributed by atoms with Crippen LogP contribution in [-0.2, 0) is 11.8 Å². The number of aromatic nitrogens is 4. The highest BCUT2D eigenvalue weighted by Crippen LogP contribution is 2.24. The molecular formula is C14H20N6O. The van der Waals surface area contributed by atoms with Crippen molar-refractivity contribution < 1.29 is 4.74 Å². The summed E-state index contributed by atoms with van der Waals surface area (Å²) in [5.41, 5.74) is 7.64. The number of nitrogens with two attached hydrogens (primary N) is 1. The summed E-state index contributed by atoms with van der Waals surface area (Å²) >= 11 is 0. The molecule has 3 heterocycles. The highest BCUT2D eigenvalue weighted by Gasteiger charge is 2.24. The van der Waals surface area contributed by atoms with Crippen molar-refractivity contribution in [2.75, 3.05) is 32.0 Å². The van der Waals surface area contributed by atoms with Gasteiger partial charge in [-0.25, -0.2) is 9.97 Å². The van der Waals surface area contributed by atoms with E-state index in [0.29, 0.717) is 18.2 Å². The van der Waals surface area contributed by atoms with Crippen LogP contribution in [0.15, 0.2) is 18.5 Å². The van der Waals surface area contributed by atoms with E-state index in [1.165, 1.54) is 0 Å². The van der Waals surface area contributed by atoms with Crippen molar-refractivity contribution >= 4 is 5.82 Å². The van der Waals surface area contributed by atoms with Crippen molar-refractivity contribution in [1.29, 1.82) is 0 Å². The fourth-order valence-corrected chi connectivity index (χ4v) is 2.48. The van der Waals surface area contributed by atoms with Crippen molar-refractivity contribution in [3.05, 3.63) is 24.3 Å². The van der Waals surface area contributed by atoms with Crippen LogP contribution >= 0.6 is 0 Å². The maximum absolute atomic E-state index is 5.93. The minimum absolute atomic E-state index is 0.127. The lowest BCUT2D eigenvalue weighted by molar-refractivity contribution is -0.0324. The molecule has 0 radical (unpaired) electrons. The molecule has 0 spiro atoms. The summed E-state index contributed by atoms with van der Waals surface area (Å²) in [7, 11) is 1.87. The van der Waals surface area contributed by atoms with Crippen LogP contribution in [-0.4, -0.2) is 50.9 Å². The Labute approximate surface area is 123 Å². The lowest BCUT2D eigenvalue weighted by Crippen LogP contribution is -2.38. The van der Waals surface area contributed by atoms with Gasteiger partial charge in [0.25, 0.3) is 0 Å². The number of hydrogen-bond acceptors (Lipinski definition) is 6. The predicted molar refractivity (Wildman–Crippen MR) is 79.5 cm³/mol. The fourth-order valence-electron chi connectivity index (χ4n) is 2.48. The molecule has 1 saturated heterocycles. The first kappa shape index (κ1) is 14.0. The summed E-state index contributed by atoms with van der Waals surface area (Å²) in [6.07, 6.45) is 3.55. The van der Waals surface area contributed by atoms with Crippen molar-refractivity contribution in [3.63, 3.8) is 0 Å². The first-order valence-corrected chi connectivity index (χ1v) is 7.13. The summed E-state index contributed by atoms with van der Waals surface area (Å²) in [6, 6.07) is 1.76. The van der Waals surface area contributed by atoms with Crippen LogP contribution < -0.4 is 5.73 Å². The zero-order valence-corrected chi connectivity index (χ0v) is 12.4. The zero-order chi connectivity index (χ0) is 14.8. The van der Waals surface area contributed by atoms with Crippen LogP contribution in [0.2, 0.25) is 0 Å². The molecule has 2 N–H and O–H groups in total. The van der Waals surface area contributed by atoms with E-state index in [0.717, 1.165) is 30.9 Å². The van der Waals surface area contributed by atoms with Crippen LogP contribution in [0.4, 0.5) is 5.82 Å². The van der Waals surface area contributed by atoms with Crippen molar-refractivity contribution in [3.8, 4) is 11.3 Å². The van der Waals surface area contributed by atoms with Crippen molar-refractivity contribution in [1.82, 2.24) is 24.6 Å². The van der Waals surface area contributed by atoms with E-state index < -0.39 is 0 Å². The van der Waals surface area contributed by atoms with Gasteiger partial charge in [0.1, 0.15) is 11.9 Å². The molecule has 7 nitrogen and oxygen atoms in total. The van der Waals surface area contributed by atoms with Gasteiger partial charge in [-0.2, -0.15) is 5.10 Å². The predicted octanol–water partition coefficient (Wildman–Crippen LogP) is 0.852. The van der Waals surface area contributed by atoms with Gasteiger partial charge in [-0.05, 0) is 6.54 Å². The molecule has 21 heavy (non-hydrogen) atoms. The van der Waals surface area contributed by atoms with Gasteiger partial charge in [0.05, 0.1) is 18.5 Å². The minimum Gasteiger partial charge on any atom is -0.384 e. The van der Waals surface area contributed by atoms with Gasteiger partial charge in [0, 0.05) is 38.0 Å². The number of morpholine rings is 1. The van der Waals surface area contributed by atoms with Crippen LogP contribution in [0.1, 0.15) is 18.9 Å². The summed E-state index contributed by atoms with van der Waals surface area (Å²) in [6.45, 7) is 5.58. The van der Waals surface area contributed by atoms with Gasteiger partial charge in [0.2, 0.25) is 0 Å². The first-order chi connectivity index (χ1) is 10.2. The van der Waals surface area contributed by atoms with E-state index in [9.17, 15) is 0 Å². The summed E-state index contributed by atoms with van der Waals surface area (Å²) < 4.78 is 7.54. The zero-order valence-electron chi connectivity index (χ0n) is 12.4. The molecule has 0 bridgehead atoms. The molecule has 1 aliphatic heterocycles. The first-order valence-electron chi connectivity index (χ1n) is 7.13. The normalized spacial score (nSPS) is 19.8. The topological polar surface area (TPSA) is 82.1 Å². The second kappa shape index (κ2) is 5.79. The Balaban J connectivity index is 1.90. The van der Waals surface area contributed by atoms with Crippen LogP contribution in [0, 0.1) is 0 Å². The summed E-state index contributed by atoms with van der Waals surface area (Å²) in [5, 5.41) is 4.17. The molecule has 7 heteroatoms. The second-order valence-corrected chi connectivity index (χ2v) is 5.19. The summed E-state index contributed by atoms with van der Waals surface area (Å²) in [5.74, 6) is 1.10. The van der Waals surface area contributed by atoms with Crippen LogP contribution in [0.5, 0.6) is 0 Å². The molecule has 1 aliphatic rings. The lowest BCUT2D eigenvalue weighted by atomic mass is 10.2. The molecule has 0 aliphatic carbocycles. The van der Waals surface area contributed by atoms with Crippen LogP contribution in [0.3, 0.4) is 0 Å². The third-order valence-corrected chi connectivity index (χ3v) is 3.65. The number of hydrogen-bond donors (Lipinski definition) is 1. The second-order valence-electron chi connectivity index (χ2n) is 5.19. The Morgan fingerprint density at radius 2 is 2.29 bits per heavy atom. The molecule has 0 saturated carbocycles. The van der Waals surface area contributed by atoms with E-state index >= 15 is 0 Å². The number of likely N-dealkylation sites (N-methyl/N-ethyl adjacent to an activating group) is 1. The molecular weight excluding hydrogens is 268 g/mol. The number of rotatable bonds is 3. The average Bonchev–Trinajstić information content (AvgIpc) is 2.93. The Hall–Kier alpha value is -1.99. The highest BCUT2D eigenvalue weighted by molar-refractivity contribution is 5.60. The SMILES string of the molecule is CCN1CCOC(c2nc(N)cc(-c3cnn(C)c3)n2)C1. The maximum atomic E-state index is 5.93. The fraction of sp³-hybridized carbons (Fsp3) is 0.500. The Morgan fingerprint density at radius 1 is 1.43 bits per heavy atom. The smallest absolute Gasteiger partial charge is 0.161 e. The highest BCUT2D eigenvalue weighted by atomic mass is 16.5. The lowest BCUT2D eigenvalue weighted by Gasteiger charge is -2.31. The van der Waals surface area contributed by atoms with E-state index in [1.54, 1.807) is 16.9 Å². The number of ether oxygens (including phenoxy) is 1. The standard InChI is InChI=1S/C14H20N6O/c1-3-20-4-5-21-12(9-20)14-17-11(6-13(15)18-14)10-7-16-19(2)8-10/h6-8,12H,3-5,9H2,1-2H3,(H2,15,17,18). The molecule has 0 aromatic carbocycles. The quantitative estimate of drug-likeness (QED) is 0.901. The van der Waals surface area contributed by atoms with E-state index in [1.807, 2.05) is 13.2 Å². The Morgan fingerprint density at radius 3 is 3.00 bits per heavy atom. The third kappa shape index (κ3) is 3.03. The molecule has 1 fully saturated rings. The van der Waals surface area contributed by atoms with E-state index in [2.05, 4.69) is 26.9 Å². The van der Waals surface area contributed by atoms with Crippen molar-refractivity contribution in [2.45, 2.75) is 13.0 Å². The van der Waals surface area contributed by atoms with Crippen molar-refractivity contribution in [2.24, 2.45) is 7.05 Å². The number of anilines is 1.